The molecular formula is C24H25NO9S. The fourth-order valence-corrected chi connectivity index (χ4v) is 6.31. The Balaban J connectivity index is 2.05. The van der Waals surface area contributed by atoms with Crippen molar-refractivity contribution in [3.05, 3.63) is 53.1 Å². The summed E-state index contributed by atoms with van der Waals surface area (Å²) >= 11 is 0. The summed E-state index contributed by atoms with van der Waals surface area (Å²) in [4.78, 5) is 39.3. The molecule has 11 heteroatoms. The first-order valence-electron chi connectivity index (χ1n) is 10.7. The van der Waals surface area contributed by atoms with Crippen molar-refractivity contribution in [2.75, 3.05) is 21.0 Å². The molecule has 186 valence electrons. The zero-order chi connectivity index (χ0) is 25.5. The summed E-state index contributed by atoms with van der Waals surface area (Å²) in [7, 11) is -2.13. The van der Waals surface area contributed by atoms with Crippen molar-refractivity contribution < 1.29 is 41.7 Å². The fourth-order valence-electron chi connectivity index (χ4n) is 4.68. The second kappa shape index (κ2) is 8.97. The molecule has 2 heterocycles. The predicted octanol–water partition coefficient (Wildman–Crippen LogP) is 1.86. The van der Waals surface area contributed by atoms with Gasteiger partial charge < -0.3 is 18.9 Å². The third-order valence-electron chi connectivity index (χ3n) is 6.32. The van der Waals surface area contributed by atoms with Crippen LogP contribution in [0.15, 0.2) is 41.3 Å². The van der Waals surface area contributed by atoms with Gasteiger partial charge in [0.1, 0.15) is 5.78 Å². The molecule has 2 aliphatic rings. The summed E-state index contributed by atoms with van der Waals surface area (Å²) < 4.78 is 49.8. The molecule has 0 saturated carbocycles. The number of benzene rings is 2. The highest BCUT2D eigenvalue weighted by Crippen LogP contribution is 2.48. The van der Waals surface area contributed by atoms with E-state index in [4.69, 9.17) is 18.9 Å². The molecule has 1 atom stereocenters. The smallest absolute Gasteiger partial charge is 0.329 e. The minimum atomic E-state index is -4.29. The highest BCUT2D eigenvalue weighted by molar-refractivity contribution is 7.89. The summed E-state index contributed by atoms with van der Waals surface area (Å²) in [6, 6.07) is 7.66. The van der Waals surface area contributed by atoms with Crippen LogP contribution in [0, 0.1) is 6.92 Å². The zero-order valence-corrected chi connectivity index (χ0v) is 20.5. The third-order valence-corrected chi connectivity index (χ3v) is 8.19. The van der Waals surface area contributed by atoms with E-state index in [1.165, 1.54) is 31.2 Å². The molecule has 2 aromatic carbocycles. The molecule has 0 radical (unpaired) electrons. The van der Waals surface area contributed by atoms with Gasteiger partial charge in [0.25, 0.3) is 0 Å². The normalized spacial score (nSPS) is 18.5. The van der Waals surface area contributed by atoms with Crippen molar-refractivity contribution in [3.63, 3.8) is 0 Å². The minimum Gasteiger partial charge on any atom is -0.468 e. The van der Waals surface area contributed by atoms with Crippen LogP contribution in [0.3, 0.4) is 0 Å². The van der Waals surface area contributed by atoms with Crippen LogP contribution in [0.1, 0.15) is 30.0 Å². The average molecular weight is 504 g/mol. The quantitative estimate of drug-likeness (QED) is 0.429. The van der Waals surface area contributed by atoms with Gasteiger partial charge in [-0.2, -0.15) is 4.31 Å². The monoisotopic (exact) mass is 503 g/mol. The molecule has 4 rings (SSSR count). The zero-order valence-electron chi connectivity index (χ0n) is 19.7. The predicted molar refractivity (Wildman–Crippen MR) is 121 cm³/mol. The van der Waals surface area contributed by atoms with Gasteiger partial charge in [0.05, 0.1) is 25.2 Å². The number of hydrogen-bond donors (Lipinski definition) is 0. The first-order chi connectivity index (χ1) is 16.6. The second-order valence-electron chi connectivity index (χ2n) is 8.44. The summed E-state index contributed by atoms with van der Waals surface area (Å²) in [6.45, 7) is 2.76. The number of carbonyl (C=O) groups is 3. The number of nitrogens with zero attached hydrogens (tertiary/aromatic N) is 1. The minimum absolute atomic E-state index is 0.0514. The Bertz CT molecular complexity index is 1290. The number of esters is 2. The van der Waals surface area contributed by atoms with Gasteiger partial charge in [0, 0.05) is 13.0 Å². The molecule has 0 spiro atoms. The Morgan fingerprint density at radius 3 is 2.14 bits per heavy atom. The Labute approximate surface area is 202 Å². The number of fused-ring (bicyclic) bond motifs is 2. The SMILES string of the molecule is COC(=O)C1(C(=O)OC)c2cc3c(cc2CN(S(=O)(=O)c2ccc(C)cc2)[C@H]1CC(C)=O)OCO3. The number of aryl methyl sites for hydroxylation is 1. The number of ketones is 1. The van der Waals surface area contributed by atoms with Crippen molar-refractivity contribution in [3.8, 4) is 11.5 Å². The number of methoxy groups -OCH3 is 2. The van der Waals surface area contributed by atoms with E-state index in [9.17, 15) is 22.8 Å². The summed E-state index contributed by atoms with van der Waals surface area (Å²) in [5.41, 5.74) is -0.983. The van der Waals surface area contributed by atoms with Gasteiger partial charge in [0.15, 0.2) is 11.5 Å². The lowest BCUT2D eigenvalue weighted by Gasteiger charge is -2.46. The van der Waals surface area contributed by atoms with Crippen LogP contribution in [0.2, 0.25) is 0 Å². The number of ether oxygens (including phenoxy) is 4. The van der Waals surface area contributed by atoms with Crippen LogP contribution in [0.25, 0.3) is 0 Å². The maximum Gasteiger partial charge on any atom is 0.329 e. The standard InChI is InChI=1S/C24H25NO9S/c1-14-5-7-17(8-6-14)35(29,30)25-12-16-10-19-20(34-13-33-19)11-18(16)24(22(27)31-3,23(28)32-4)21(25)9-15(2)26/h5-8,10-11,21H,9,12-13H2,1-4H3/t21-/m0/s1. The van der Waals surface area contributed by atoms with E-state index in [1.54, 1.807) is 12.1 Å². The lowest BCUT2D eigenvalue weighted by molar-refractivity contribution is -0.166. The van der Waals surface area contributed by atoms with E-state index in [2.05, 4.69) is 0 Å². The van der Waals surface area contributed by atoms with E-state index in [0.29, 0.717) is 11.3 Å². The number of carbonyl (C=O) groups excluding carboxylic acids is 3. The average Bonchev–Trinajstić information content (AvgIpc) is 3.29. The molecular weight excluding hydrogens is 478 g/mol. The van der Waals surface area contributed by atoms with Crippen LogP contribution in [-0.4, -0.2) is 57.5 Å². The van der Waals surface area contributed by atoms with E-state index in [0.717, 1.165) is 24.1 Å². The van der Waals surface area contributed by atoms with Crippen LogP contribution in [0.5, 0.6) is 11.5 Å². The summed E-state index contributed by atoms with van der Waals surface area (Å²) in [6.07, 6.45) is -0.441. The van der Waals surface area contributed by atoms with Crippen LogP contribution in [0.4, 0.5) is 0 Å². The highest BCUT2D eigenvalue weighted by atomic mass is 32.2. The van der Waals surface area contributed by atoms with Gasteiger partial charge in [-0.15, -0.1) is 0 Å². The third kappa shape index (κ3) is 3.84. The molecule has 0 aliphatic carbocycles. The van der Waals surface area contributed by atoms with Crippen molar-refractivity contribution in [2.45, 2.75) is 43.2 Å². The van der Waals surface area contributed by atoms with Crippen LogP contribution < -0.4 is 9.47 Å². The lowest BCUT2D eigenvalue weighted by atomic mass is 9.68. The maximum atomic E-state index is 13.9. The van der Waals surface area contributed by atoms with Crippen LogP contribution in [-0.2, 0) is 45.8 Å². The first kappa shape index (κ1) is 24.7. The number of rotatable bonds is 6. The highest BCUT2D eigenvalue weighted by Gasteiger charge is 2.63. The van der Waals surface area contributed by atoms with Gasteiger partial charge in [0.2, 0.25) is 22.2 Å². The van der Waals surface area contributed by atoms with Crippen molar-refractivity contribution in [1.82, 2.24) is 4.31 Å². The lowest BCUT2D eigenvalue weighted by Crippen LogP contribution is -2.64. The molecule has 0 fully saturated rings. The molecule has 0 bridgehead atoms. The Morgan fingerprint density at radius 2 is 1.60 bits per heavy atom. The second-order valence-corrected chi connectivity index (χ2v) is 10.3. The van der Waals surface area contributed by atoms with Gasteiger partial charge >= 0.3 is 11.9 Å². The van der Waals surface area contributed by atoms with E-state index in [1.807, 2.05) is 6.92 Å². The maximum absolute atomic E-state index is 13.9. The molecule has 35 heavy (non-hydrogen) atoms. The fraction of sp³-hybridized carbons (Fsp3) is 0.375. The number of Topliss-reactive ketones (excluding diaryl/α,β-unsaturated/α-hetero) is 1. The Hall–Kier alpha value is -3.44. The topological polar surface area (TPSA) is 126 Å². The molecule has 0 amide bonds. The molecule has 2 aliphatic heterocycles. The molecule has 2 aromatic rings. The molecule has 0 aromatic heterocycles. The van der Waals surface area contributed by atoms with Gasteiger partial charge in [-0.05, 0) is 49.2 Å². The van der Waals surface area contributed by atoms with Crippen LogP contribution >= 0.6 is 0 Å². The molecule has 10 nitrogen and oxygen atoms in total. The largest absolute Gasteiger partial charge is 0.468 e. The number of hydrogen-bond acceptors (Lipinski definition) is 9. The van der Waals surface area contributed by atoms with E-state index < -0.39 is 45.6 Å². The van der Waals surface area contributed by atoms with Crippen molar-refractivity contribution >= 4 is 27.7 Å². The van der Waals surface area contributed by atoms with Crippen molar-refractivity contribution in [2.24, 2.45) is 0 Å². The van der Waals surface area contributed by atoms with Gasteiger partial charge in [-0.3, -0.25) is 14.4 Å². The van der Waals surface area contributed by atoms with E-state index in [-0.39, 0.29) is 29.5 Å². The molecule has 0 unspecified atom stereocenters. The Morgan fingerprint density at radius 1 is 1.03 bits per heavy atom. The summed E-state index contributed by atoms with van der Waals surface area (Å²) in [5, 5.41) is 0. The first-order valence-corrected chi connectivity index (χ1v) is 12.2. The van der Waals surface area contributed by atoms with E-state index >= 15 is 0 Å². The number of sulfonamides is 1. The van der Waals surface area contributed by atoms with Gasteiger partial charge in [-0.1, -0.05) is 17.7 Å². The molecule has 0 saturated heterocycles. The van der Waals surface area contributed by atoms with Crippen molar-refractivity contribution in [1.29, 1.82) is 0 Å². The Kier molecular flexibility index (Phi) is 6.32. The molecule has 0 N–H and O–H groups in total. The van der Waals surface area contributed by atoms with Gasteiger partial charge in [-0.25, -0.2) is 8.42 Å². The summed E-state index contributed by atoms with van der Waals surface area (Å²) in [5.74, 6) is -1.93.